The summed E-state index contributed by atoms with van der Waals surface area (Å²) < 4.78 is 4.68. The van der Waals surface area contributed by atoms with Crippen molar-refractivity contribution in [2.75, 3.05) is 18.6 Å². The Labute approximate surface area is 100 Å². The van der Waals surface area contributed by atoms with E-state index in [4.69, 9.17) is 0 Å². The Hall–Kier alpha value is -1.84. The van der Waals surface area contributed by atoms with Gasteiger partial charge in [-0.3, -0.25) is 9.59 Å². The summed E-state index contributed by atoms with van der Waals surface area (Å²) in [5.41, 5.74) is 1.91. The van der Waals surface area contributed by atoms with E-state index in [0.717, 1.165) is 11.3 Å². The predicted octanol–water partition coefficient (Wildman–Crippen LogP) is 1.52. The maximum Gasteiger partial charge on any atom is 0.311 e. The summed E-state index contributed by atoms with van der Waals surface area (Å²) in [6.07, 6.45) is 0.237. The van der Waals surface area contributed by atoms with E-state index in [-0.39, 0.29) is 24.2 Å². The van der Waals surface area contributed by atoms with Crippen molar-refractivity contribution < 1.29 is 14.3 Å². The van der Waals surface area contributed by atoms with Gasteiger partial charge in [-0.1, -0.05) is 18.2 Å². The van der Waals surface area contributed by atoms with Crippen LogP contribution in [0.25, 0.3) is 0 Å². The maximum absolute atomic E-state index is 11.9. The molecule has 0 aliphatic carbocycles. The predicted molar refractivity (Wildman–Crippen MR) is 63.7 cm³/mol. The van der Waals surface area contributed by atoms with Gasteiger partial charge in [-0.05, 0) is 18.6 Å². The standard InChI is InChI=1S/C13H15NO3/c1-9-5-3-4-6-11(9)14-8-10(7-12(14)15)13(16)17-2/h3-6,10H,7-8H2,1-2H3/t10-/m1/s1. The van der Waals surface area contributed by atoms with Crippen LogP contribution in [-0.2, 0) is 14.3 Å². The molecule has 0 aromatic heterocycles. The summed E-state index contributed by atoms with van der Waals surface area (Å²) in [7, 11) is 1.35. The molecular formula is C13H15NO3. The number of methoxy groups -OCH3 is 1. The number of hydrogen-bond donors (Lipinski definition) is 0. The summed E-state index contributed by atoms with van der Waals surface area (Å²) in [4.78, 5) is 25.0. The number of amides is 1. The van der Waals surface area contributed by atoms with E-state index in [1.165, 1.54) is 7.11 Å². The van der Waals surface area contributed by atoms with E-state index in [0.29, 0.717) is 6.54 Å². The Kier molecular flexibility index (Phi) is 3.13. The normalized spacial score (nSPS) is 19.5. The van der Waals surface area contributed by atoms with Gasteiger partial charge in [-0.2, -0.15) is 0 Å². The number of esters is 1. The Morgan fingerprint density at radius 1 is 1.41 bits per heavy atom. The van der Waals surface area contributed by atoms with Crippen LogP contribution in [0, 0.1) is 12.8 Å². The van der Waals surface area contributed by atoms with Gasteiger partial charge in [0.05, 0.1) is 13.0 Å². The number of aryl methyl sites for hydroxylation is 1. The molecule has 0 spiro atoms. The van der Waals surface area contributed by atoms with E-state index in [1.54, 1.807) is 4.90 Å². The van der Waals surface area contributed by atoms with Crippen LogP contribution in [-0.4, -0.2) is 25.5 Å². The molecule has 1 aliphatic rings. The Balaban J connectivity index is 2.22. The van der Waals surface area contributed by atoms with Gasteiger partial charge < -0.3 is 9.64 Å². The minimum absolute atomic E-state index is 0.0188. The zero-order chi connectivity index (χ0) is 12.4. The number of benzene rings is 1. The van der Waals surface area contributed by atoms with E-state index < -0.39 is 0 Å². The van der Waals surface area contributed by atoms with Crippen LogP contribution in [0.15, 0.2) is 24.3 Å². The van der Waals surface area contributed by atoms with Gasteiger partial charge in [0, 0.05) is 18.7 Å². The van der Waals surface area contributed by atoms with Gasteiger partial charge in [0.25, 0.3) is 0 Å². The van der Waals surface area contributed by atoms with Gasteiger partial charge in [-0.25, -0.2) is 0 Å². The van der Waals surface area contributed by atoms with Crippen LogP contribution in [0.1, 0.15) is 12.0 Å². The molecule has 1 atom stereocenters. The zero-order valence-electron chi connectivity index (χ0n) is 9.97. The van der Waals surface area contributed by atoms with E-state index in [1.807, 2.05) is 31.2 Å². The fourth-order valence-electron chi connectivity index (χ4n) is 2.13. The SMILES string of the molecule is COC(=O)[C@@H]1CC(=O)N(c2ccccc2C)C1. The summed E-state index contributed by atoms with van der Waals surface area (Å²) in [6, 6.07) is 7.67. The van der Waals surface area contributed by atoms with Crippen LogP contribution >= 0.6 is 0 Å². The third kappa shape index (κ3) is 2.16. The van der Waals surface area contributed by atoms with E-state index in [2.05, 4.69) is 4.74 Å². The lowest BCUT2D eigenvalue weighted by Gasteiger charge is -2.18. The summed E-state index contributed by atoms with van der Waals surface area (Å²) in [6.45, 7) is 2.37. The Morgan fingerprint density at radius 2 is 2.12 bits per heavy atom. The Bertz CT molecular complexity index is 456. The quantitative estimate of drug-likeness (QED) is 0.728. The smallest absolute Gasteiger partial charge is 0.311 e. The fraction of sp³-hybridized carbons (Fsp3) is 0.385. The minimum atomic E-state index is -0.341. The third-order valence-electron chi connectivity index (χ3n) is 3.07. The molecule has 1 amide bonds. The second-order valence-corrected chi connectivity index (χ2v) is 4.22. The highest BCUT2D eigenvalue weighted by Gasteiger charge is 2.36. The minimum Gasteiger partial charge on any atom is -0.469 e. The van der Waals surface area contributed by atoms with Gasteiger partial charge >= 0.3 is 5.97 Å². The van der Waals surface area contributed by atoms with Crippen LogP contribution < -0.4 is 4.90 Å². The molecule has 0 unspecified atom stereocenters. The number of carbonyl (C=O) groups excluding carboxylic acids is 2. The molecule has 0 saturated carbocycles. The van der Waals surface area contributed by atoms with E-state index in [9.17, 15) is 9.59 Å². The lowest BCUT2D eigenvalue weighted by atomic mass is 10.1. The molecular weight excluding hydrogens is 218 g/mol. The lowest BCUT2D eigenvalue weighted by molar-refractivity contribution is -0.145. The average Bonchev–Trinajstić information content (AvgIpc) is 2.71. The van der Waals surface area contributed by atoms with Crippen LogP contribution in [0.4, 0.5) is 5.69 Å². The van der Waals surface area contributed by atoms with Crippen molar-refractivity contribution in [2.24, 2.45) is 5.92 Å². The molecule has 0 N–H and O–H groups in total. The fourth-order valence-corrected chi connectivity index (χ4v) is 2.13. The van der Waals surface area contributed by atoms with Crippen molar-refractivity contribution >= 4 is 17.6 Å². The molecule has 0 bridgehead atoms. The summed E-state index contributed by atoms with van der Waals surface area (Å²) in [5.74, 6) is -0.670. The molecule has 1 fully saturated rings. The second kappa shape index (κ2) is 4.57. The summed E-state index contributed by atoms with van der Waals surface area (Å²) >= 11 is 0. The molecule has 1 heterocycles. The molecule has 4 heteroatoms. The van der Waals surface area contributed by atoms with Crippen molar-refractivity contribution in [3.05, 3.63) is 29.8 Å². The lowest BCUT2D eigenvalue weighted by Crippen LogP contribution is -2.26. The number of nitrogens with zero attached hydrogens (tertiary/aromatic N) is 1. The molecule has 17 heavy (non-hydrogen) atoms. The monoisotopic (exact) mass is 233 g/mol. The molecule has 1 aliphatic heterocycles. The zero-order valence-corrected chi connectivity index (χ0v) is 9.97. The molecule has 1 aromatic carbocycles. The largest absolute Gasteiger partial charge is 0.469 e. The second-order valence-electron chi connectivity index (χ2n) is 4.22. The average molecular weight is 233 g/mol. The Morgan fingerprint density at radius 3 is 2.76 bits per heavy atom. The number of carbonyl (C=O) groups is 2. The van der Waals surface area contributed by atoms with Crippen LogP contribution in [0.2, 0.25) is 0 Å². The maximum atomic E-state index is 11.9. The van der Waals surface area contributed by atoms with Crippen molar-refractivity contribution in [1.29, 1.82) is 0 Å². The molecule has 90 valence electrons. The first-order valence-electron chi connectivity index (χ1n) is 5.57. The molecule has 4 nitrogen and oxygen atoms in total. The molecule has 1 saturated heterocycles. The summed E-state index contributed by atoms with van der Waals surface area (Å²) in [5, 5.41) is 0. The molecule has 2 rings (SSSR count). The highest BCUT2D eigenvalue weighted by molar-refractivity contribution is 5.99. The van der Waals surface area contributed by atoms with Crippen molar-refractivity contribution in [1.82, 2.24) is 0 Å². The molecule has 0 radical (unpaired) electrons. The first kappa shape index (κ1) is 11.6. The van der Waals surface area contributed by atoms with Crippen molar-refractivity contribution in [2.45, 2.75) is 13.3 Å². The van der Waals surface area contributed by atoms with Crippen LogP contribution in [0.5, 0.6) is 0 Å². The molecule has 1 aromatic rings. The highest BCUT2D eigenvalue weighted by Crippen LogP contribution is 2.27. The number of rotatable bonds is 2. The highest BCUT2D eigenvalue weighted by atomic mass is 16.5. The third-order valence-corrected chi connectivity index (χ3v) is 3.07. The first-order valence-corrected chi connectivity index (χ1v) is 5.57. The van der Waals surface area contributed by atoms with Crippen molar-refractivity contribution in [3.63, 3.8) is 0 Å². The van der Waals surface area contributed by atoms with Gasteiger partial charge in [0.1, 0.15) is 0 Å². The van der Waals surface area contributed by atoms with Gasteiger partial charge in [-0.15, -0.1) is 0 Å². The topological polar surface area (TPSA) is 46.6 Å². The van der Waals surface area contributed by atoms with Gasteiger partial charge in [0.2, 0.25) is 5.91 Å². The number of ether oxygens (including phenoxy) is 1. The van der Waals surface area contributed by atoms with E-state index >= 15 is 0 Å². The number of anilines is 1. The number of para-hydroxylation sites is 1. The van der Waals surface area contributed by atoms with Gasteiger partial charge in [0.15, 0.2) is 0 Å². The first-order chi connectivity index (χ1) is 8.13. The van der Waals surface area contributed by atoms with Crippen LogP contribution in [0.3, 0.4) is 0 Å². The number of hydrogen-bond acceptors (Lipinski definition) is 3. The van der Waals surface area contributed by atoms with Crippen molar-refractivity contribution in [3.8, 4) is 0 Å².